The zero-order valence-corrected chi connectivity index (χ0v) is 12.7. The Bertz CT molecular complexity index is 816. The van der Waals surface area contributed by atoms with E-state index in [0.717, 1.165) is 12.1 Å². The van der Waals surface area contributed by atoms with Crippen LogP contribution in [0, 0.1) is 0 Å². The molecule has 116 valence electrons. The van der Waals surface area contributed by atoms with E-state index in [9.17, 15) is 9.59 Å². The molecule has 2 aromatic carbocycles. The van der Waals surface area contributed by atoms with Gasteiger partial charge in [0.25, 0.3) is 11.8 Å². The van der Waals surface area contributed by atoms with Crippen molar-refractivity contribution in [3.63, 3.8) is 0 Å². The smallest absolute Gasteiger partial charge is 0.262 e. The number of carbonyl (C=O) groups excluding carboxylic acids is 2. The highest BCUT2D eigenvalue weighted by Gasteiger charge is 2.31. The highest BCUT2D eigenvalue weighted by Crippen LogP contribution is 2.35. The number of benzene rings is 2. The van der Waals surface area contributed by atoms with Gasteiger partial charge in [-0.1, -0.05) is 18.2 Å². The van der Waals surface area contributed by atoms with Gasteiger partial charge >= 0.3 is 0 Å². The Hall–Kier alpha value is -2.82. The number of anilines is 2. The van der Waals surface area contributed by atoms with Gasteiger partial charge in [-0.25, -0.2) is 0 Å². The van der Waals surface area contributed by atoms with E-state index in [1.165, 1.54) is 5.56 Å². The molecule has 0 fully saturated rings. The first-order valence-corrected chi connectivity index (χ1v) is 7.61. The van der Waals surface area contributed by atoms with Crippen LogP contribution in [-0.4, -0.2) is 24.5 Å². The fourth-order valence-electron chi connectivity index (χ4n) is 3.22. The second kappa shape index (κ2) is 5.12. The van der Waals surface area contributed by atoms with Crippen LogP contribution >= 0.6 is 0 Å². The van der Waals surface area contributed by atoms with Gasteiger partial charge < -0.3 is 15.0 Å². The topological polar surface area (TPSA) is 58.6 Å². The zero-order chi connectivity index (χ0) is 16.0. The number of fused-ring (bicyclic) bond motifs is 2. The molecule has 1 unspecified atom stereocenters. The molecule has 0 spiro atoms. The lowest BCUT2D eigenvalue weighted by Gasteiger charge is -2.24. The van der Waals surface area contributed by atoms with E-state index < -0.39 is 0 Å². The van der Waals surface area contributed by atoms with Crippen LogP contribution in [-0.2, 0) is 11.2 Å². The summed E-state index contributed by atoms with van der Waals surface area (Å²) in [5, 5.41) is 2.73. The third kappa shape index (κ3) is 2.25. The summed E-state index contributed by atoms with van der Waals surface area (Å²) in [4.78, 5) is 26.1. The monoisotopic (exact) mass is 308 g/mol. The lowest BCUT2D eigenvalue weighted by atomic mass is 10.1. The molecular formula is C18H16N2O3. The molecule has 5 nitrogen and oxygen atoms in total. The number of hydrogen-bond donors (Lipinski definition) is 1. The van der Waals surface area contributed by atoms with Crippen LogP contribution < -0.4 is 15.0 Å². The number of ether oxygens (including phenoxy) is 1. The Labute approximate surface area is 133 Å². The highest BCUT2D eigenvalue weighted by atomic mass is 16.5. The molecule has 23 heavy (non-hydrogen) atoms. The number of nitrogens with one attached hydrogen (secondary N) is 1. The van der Waals surface area contributed by atoms with Gasteiger partial charge in [-0.2, -0.15) is 0 Å². The maximum Gasteiger partial charge on any atom is 0.262 e. The van der Waals surface area contributed by atoms with Crippen molar-refractivity contribution < 1.29 is 14.3 Å². The maximum atomic E-state index is 13.0. The van der Waals surface area contributed by atoms with E-state index in [1.54, 1.807) is 18.2 Å². The Balaban J connectivity index is 1.69. The van der Waals surface area contributed by atoms with Crippen LogP contribution in [0.2, 0.25) is 0 Å². The van der Waals surface area contributed by atoms with Crippen molar-refractivity contribution in [1.82, 2.24) is 0 Å². The van der Waals surface area contributed by atoms with Gasteiger partial charge in [0, 0.05) is 17.3 Å². The van der Waals surface area contributed by atoms with Gasteiger partial charge in [-0.3, -0.25) is 9.59 Å². The molecule has 2 aliphatic heterocycles. The Kier molecular flexibility index (Phi) is 3.08. The number of carbonyl (C=O) groups is 2. The second-order valence-electron chi connectivity index (χ2n) is 5.90. The Morgan fingerprint density at radius 1 is 1.26 bits per heavy atom. The van der Waals surface area contributed by atoms with Crippen LogP contribution in [0.4, 0.5) is 11.4 Å². The predicted octanol–water partition coefficient (Wildman–Crippen LogP) is 2.61. The van der Waals surface area contributed by atoms with E-state index in [4.69, 9.17) is 4.74 Å². The van der Waals surface area contributed by atoms with E-state index in [1.807, 2.05) is 30.0 Å². The van der Waals surface area contributed by atoms with Crippen molar-refractivity contribution in [3.05, 3.63) is 53.6 Å². The van der Waals surface area contributed by atoms with E-state index >= 15 is 0 Å². The Morgan fingerprint density at radius 2 is 2.09 bits per heavy atom. The van der Waals surface area contributed by atoms with E-state index in [2.05, 4.69) is 11.4 Å². The summed E-state index contributed by atoms with van der Waals surface area (Å²) in [6, 6.07) is 13.2. The number of rotatable bonds is 1. The van der Waals surface area contributed by atoms with Crippen molar-refractivity contribution >= 4 is 23.2 Å². The number of nitrogens with zero attached hydrogens (tertiary/aromatic N) is 1. The molecule has 2 amide bonds. The molecule has 4 rings (SSSR count). The molecule has 0 aliphatic carbocycles. The number of para-hydroxylation sites is 1. The van der Waals surface area contributed by atoms with Crippen molar-refractivity contribution in [2.24, 2.45) is 0 Å². The summed E-state index contributed by atoms with van der Waals surface area (Å²) in [6.45, 7) is 2.03. The molecule has 0 radical (unpaired) electrons. The zero-order valence-electron chi connectivity index (χ0n) is 12.7. The standard InChI is InChI=1S/C18H16N2O3/c1-11-8-12-4-2-3-5-15(12)20(11)18(22)13-6-7-14-16(9-13)23-10-17(21)19-14/h2-7,9,11H,8,10H2,1H3,(H,19,21). The molecule has 2 aliphatic rings. The predicted molar refractivity (Wildman–Crippen MR) is 87.0 cm³/mol. The molecule has 1 N–H and O–H groups in total. The molecular weight excluding hydrogens is 292 g/mol. The summed E-state index contributed by atoms with van der Waals surface area (Å²) < 4.78 is 5.40. The van der Waals surface area contributed by atoms with Gasteiger partial charge in [0.05, 0.1) is 5.69 Å². The molecule has 0 saturated carbocycles. The van der Waals surface area contributed by atoms with Crippen LogP contribution in [0.5, 0.6) is 5.75 Å². The van der Waals surface area contributed by atoms with Gasteiger partial charge in [-0.05, 0) is 43.2 Å². The number of hydrogen-bond acceptors (Lipinski definition) is 3. The third-order valence-corrected chi connectivity index (χ3v) is 4.29. The van der Waals surface area contributed by atoms with Crippen LogP contribution in [0.1, 0.15) is 22.8 Å². The second-order valence-corrected chi connectivity index (χ2v) is 5.90. The summed E-state index contributed by atoms with van der Waals surface area (Å²) in [7, 11) is 0. The fourth-order valence-corrected chi connectivity index (χ4v) is 3.22. The summed E-state index contributed by atoms with van der Waals surface area (Å²) >= 11 is 0. The van der Waals surface area contributed by atoms with E-state index in [0.29, 0.717) is 17.0 Å². The normalized spacial score (nSPS) is 18.7. The summed E-state index contributed by atoms with van der Waals surface area (Å²) in [5.74, 6) is 0.306. The first-order chi connectivity index (χ1) is 11.1. The highest BCUT2D eigenvalue weighted by molar-refractivity contribution is 6.08. The van der Waals surface area contributed by atoms with Gasteiger partial charge in [0.2, 0.25) is 0 Å². The van der Waals surface area contributed by atoms with Gasteiger partial charge in [0.15, 0.2) is 6.61 Å². The lowest BCUT2D eigenvalue weighted by molar-refractivity contribution is -0.118. The minimum Gasteiger partial charge on any atom is -0.482 e. The first-order valence-electron chi connectivity index (χ1n) is 7.61. The molecule has 0 bridgehead atoms. The van der Waals surface area contributed by atoms with Crippen molar-refractivity contribution in [3.8, 4) is 5.75 Å². The molecule has 5 heteroatoms. The first kappa shape index (κ1) is 13.8. The average Bonchev–Trinajstić information content (AvgIpc) is 2.89. The lowest BCUT2D eigenvalue weighted by Crippen LogP contribution is -2.35. The summed E-state index contributed by atoms with van der Waals surface area (Å²) in [5.41, 5.74) is 3.32. The molecule has 2 heterocycles. The minimum atomic E-state index is -0.182. The van der Waals surface area contributed by atoms with Gasteiger partial charge in [0.1, 0.15) is 5.75 Å². The molecule has 0 aromatic heterocycles. The Morgan fingerprint density at radius 3 is 2.96 bits per heavy atom. The van der Waals surface area contributed by atoms with Crippen LogP contribution in [0.25, 0.3) is 0 Å². The van der Waals surface area contributed by atoms with Gasteiger partial charge in [-0.15, -0.1) is 0 Å². The third-order valence-electron chi connectivity index (χ3n) is 4.29. The molecule has 0 saturated heterocycles. The molecule has 1 atom stereocenters. The van der Waals surface area contributed by atoms with Crippen LogP contribution in [0.3, 0.4) is 0 Å². The largest absolute Gasteiger partial charge is 0.482 e. The minimum absolute atomic E-state index is 0.0202. The van der Waals surface area contributed by atoms with Crippen molar-refractivity contribution in [2.75, 3.05) is 16.8 Å². The maximum absolute atomic E-state index is 13.0. The quantitative estimate of drug-likeness (QED) is 0.881. The number of amides is 2. The average molecular weight is 308 g/mol. The van der Waals surface area contributed by atoms with Crippen molar-refractivity contribution in [2.45, 2.75) is 19.4 Å². The molecule has 2 aromatic rings. The fraction of sp³-hybridized carbons (Fsp3) is 0.222. The van der Waals surface area contributed by atoms with E-state index in [-0.39, 0.29) is 24.5 Å². The summed E-state index contributed by atoms with van der Waals surface area (Å²) in [6.07, 6.45) is 0.861. The van der Waals surface area contributed by atoms with Crippen molar-refractivity contribution in [1.29, 1.82) is 0 Å². The SMILES string of the molecule is CC1Cc2ccccc2N1C(=O)c1ccc2c(c1)OCC(=O)N2. The van der Waals surface area contributed by atoms with Crippen LogP contribution in [0.15, 0.2) is 42.5 Å².